The number of benzene rings is 3. The summed E-state index contributed by atoms with van der Waals surface area (Å²) in [5.41, 5.74) is 6.97. The third-order valence-corrected chi connectivity index (χ3v) is 5.23. The minimum atomic E-state index is -0.528. The molecule has 0 saturated heterocycles. The van der Waals surface area contributed by atoms with Crippen molar-refractivity contribution in [2.24, 2.45) is 0 Å². The first-order chi connectivity index (χ1) is 13.0. The van der Waals surface area contributed by atoms with Crippen LogP contribution in [0.5, 0.6) is 5.75 Å². The van der Waals surface area contributed by atoms with Gasteiger partial charge in [-0.25, -0.2) is 4.79 Å². The molecule has 3 aromatic carbocycles. The Morgan fingerprint density at radius 3 is 2.19 bits per heavy atom. The molecule has 0 aliphatic heterocycles. The number of nitrogens with one attached hydrogen (secondary N) is 1. The van der Waals surface area contributed by atoms with E-state index >= 15 is 0 Å². The van der Waals surface area contributed by atoms with Crippen LogP contribution >= 0.6 is 0 Å². The Morgan fingerprint density at radius 2 is 1.59 bits per heavy atom. The topological polar surface area (TPSA) is 58.6 Å². The second kappa shape index (κ2) is 6.80. The van der Waals surface area contributed by atoms with Gasteiger partial charge in [-0.2, -0.15) is 0 Å². The number of aryl methyl sites for hydroxylation is 1. The maximum Gasteiger partial charge on any atom is 0.411 e. The zero-order valence-corrected chi connectivity index (χ0v) is 15.3. The van der Waals surface area contributed by atoms with Crippen molar-refractivity contribution in [3.8, 4) is 16.9 Å². The lowest BCUT2D eigenvalue weighted by Crippen LogP contribution is -2.18. The highest BCUT2D eigenvalue weighted by Crippen LogP contribution is 2.44. The van der Waals surface area contributed by atoms with Gasteiger partial charge in [-0.1, -0.05) is 48.5 Å². The summed E-state index contributed by atoms with van der Waals surface area (Å²) in [6.45, 7) is 3.98. The van der Waals surface area contributed by atoms with E-state index in [4.69, 9.17) is 4.74 Å². The molecule has 0 bridgehead atoms. The van der Waals surface area contributed by atoms with Crippen molar-refractivity contribution in [3.63, 3.8) is 0 Å². The van der Waals surface area contributed by atoms with Gasteiger partial charge < -0.3 is 9.84 Å². The van der Waals surface area contributed by atoms with Crippen LogP contribution in [0.15, 0.2) is 60.7 Å². The van der Waals surface area contributed by atoms with E-state index < -0.39 is 6.09 Å². The third kappa shape index (κ3) is 3.14. The molecule has 0 saturated carbocycles. The van der Waals surface area contributed by atoms with Crippen LogP contribution in [-0.2, 0) is 4.74 Å². The normalized spacial score (nSPS) is 12.4. The molecule has 27 heavy (non-hydrogen) atoms. The fraction of sp³-hybridized carbons (Fsp3) is 0.174. The van der Waals surface area contributed by atoms with Crippen molar-refractivity contribution < 1.29 is 14.6 Å². The predicted molar refractivity (Wildman–Crippen MR) is 106 cm³/mol. The largest absolute Gasteiger partial charge is 0.508 e. The number of fused-ring (bicyclic) bond motifs is 3. The van der Waals surface area contributed by atoms with Gasteiger partial charge in [0.2, 0.25) is 0 Å². The molecular weight excluding hydrogens is 338 g/mol. The van der Waals surface area contributed by atoms with Crippen molar-refractivity contribution in [1.82, 2.24) is 0 Å². The number of carbonyl (C=O) groups excluding carboxylic acids is 1. The minimum Gasteiger partial charge on any atom is -0.508 e. The molecule has 1 aliphatic rings. The highest BCUT2D eigenvalue weighted by atomic mass is 16.5. The maximum atomic E-state index is 12.3. The molecule has 1 amide bonds. The maximum absolute atomic E-state index is 12.3. The number of phenolic OH excluding ortho intramolecular Hbond substituents is 1. The molecule has 4 nitrogen and oxygen atoms in total. The quantitative estimate of drug-likeness (QED) is 0.661. The van der Waals surface area contributed by atoms with Crippen LogP contribution in [-0.4, -0.2) is 17.8 Å². The second-order valence-electron chi connectivity index (χ2n) is 6.89. The predicted octanol–water partition coefficient (Wildman–Crippen LogP) is 5.37. The summed E-state index contributed by atoms with van der Waals surface area (Å²) in [6, 6.07) is 19.8. The average Bonchev–Trinajstić information content (AvgIpc) is 2.98. The zero-order valence-electron chi connectivity index (χ0n) is 15.3. The fourth-order valence-electron chi connectivity index (χ4n) is 3.67. The molecule has 0 heterocycles. The Hall–Kier alpha value is -3.27. The minimum absolute atomic E-state index is 0.0244. The molecule has 4 heteroatoms. The first kappa shape index (κ1) is 17.2. The molecule has 0 aromatic heterocycles. The molecule has 2 N–H and O–H groups in total. The van der Waals surface area contributed by atoms with Gasteiger partial charge in [0.25, 0.3) is 0 Å². The average molecular weight is 359 g/mol. The highest BCUT2D eigenvalue weighted by Gasteiger charge is 2.29. The summed E-state index contributed by atoms with van der Waals surface area (Å²) in [4.78, 5) is 12.3. The molecular formula is C23H21NO3. The van der Waals surface area contributed by atoms with E-state index in [1.165, 1.54) is 28.3 Å². The molecule has 0 fully saturated rings. The lowest BCUT2D eigenvalue weighted by molar-refractivity contribution is 0.158. The van der Waals surface area contributed by atoms with Gasteiger partial charge in [0.15, 0.2) is 0 Å². The number of anilines is 1. The number of hydrogen-bond acceptors (Lipinski definition) is 3. The van der Waals surface area contributed by atoms with Crippen LogP contribution in [0.1, 0.15) is 28.2 Å². The molecule has 3 aromatic rings. The number of aromatic hydroxyl groups is 1. The smallest absolute Gasteiger partial charge is 0.411 e. The SMILES string of the molecule is Cc1cc(NC(=O)OCC2c3ccccc3-c3ccccc32)cc(O)c1C. The fourth-order valence-corrected chi connectivity index (χ4v) is 3.67. The summed E-state index contributed by atoms with van der Waals surface area (Å²) in [5.74, 6) is 0.181. The summed E-state index contributed by atoms with van der Waals surface area (Å²) >= 11 is 0. The van der Waals surface area contributed by atoms with E-state index in [-0.39, 0.29) is 18.3 Å². The van der Waals surface area contributed by atoms with Gasteiger partial charge in [-0.15, -0.1) is 0 Å². The van der Waals surface area contributed by atoms with Gasteiger partial charge in [-0.3, -0.25) is 5.32 Å². The number of ether oxygens (including phenoxy) is 1. The summed E-state index contributed by atoms with van der Waals surface area (Å²) < 4.78 is 5.52. The van der Waals surface area contributed by atoms with Crippen molar-refractivity contribution in [1.29, 1.82) is 0 Å². The van der Waals surface area contributed by atoms with Crippen molar-refractivity contribution in [2.45, 2.75) is 19.8 Å². The van der Waals surface area contributed by atoms with Crippen LogP contribution < -0.4 is 5.32 Å². The molecule has 4 rings (SSSR count). The number of rotatable bonds is 3. The van der Waals surface area contributed by atoms with Gasteiger partial charge in [0.05, 0.1) is 0 Å². The summed E-state index contributed by atoms with van der Waals surface area (Å²) in [5, 5.41) is 12.6. The zero-order chi connectivity index (χ0) is 19.0. The number of phenols is 1. The van der Waals surface area contributed by atoms with Crippen LogP contribution in [0.25, 0.3) is 11.1 Å². The van der Waals surface area contributed by atoms with Gasteiger partial charge in [-0.05, 0) is 53.3 Å². The van der Waals surface area contributed by atoms with E-state index in [1.54, 1.807) is 0 Å². The molecule has 0 atom stereocenters. The summed E-state index contributed by atoms with van der Waals surface area (Å²) in [7, 11) is 0. The molecule has 136 valence electrons. The van der Waals surface area contributed by atoms with Crippen molar-refractivity contribution >= 4 is 11.8 Å². The molecule has 0 unspecified atom stereocenters. The Labute approximate surface area is 158 Å². The van der Waals surface area contributed by atoms with E-state index in [0.29, 0.717) is 5.69 Å². The van der Waals surface area contributed by atoms with E-state index in [9.17, 15) is 9.90 Å². The van der Waals surface area contributed by atoms with Gasteiger partial charge >= 0.3 is 6.09 Å². The Morgan fingerprint density at radius 1 is 1.00 bits per heavy atom. The Bertz CT molecular complexity index is 957. The van der Waals surface area contributed by atoms with Gasteiger partial charge in [0.1, 0.15) is 12.4 Å². The number of amides is 1. The summed E-state index contributed by atoms with van der Waals surface area (Å²) in [6.07, 6.45) is -0.528. The van der Waals surface area contributed by atoms with Crippen LogP contribution in [0.2, 0.25) is 0 Å². The standard InChI is InChI=1S/C23H21NO3/c1-14-11-16(12-22(25)15(14)2)24-23(26)27-13-21-19-9-5-3-7-17(19)18-8-4-6-10-20(18)21/h3-12,21,25H,13H2,1-2H3,(H,24,26). The van der Waals surface area contributed by atoms with Crippen LogP contribution in [0.4, 0.5) is 10.5 Å². The van der Waals surface area contributed by atoms with E-state index in [2.05, 4.69) is 29.6 Å². The molecule has 1 aliphatic carbocycles. The number of hydrogen-bond donors (Lipinski definition) is 2. The first-order valence-electron chi connectivity index (χ1n) is 8.97. The highest BCUT2D eigenvalue weighted by molar-refractivity contribution is 5.85. The monoisotopic (exact) mass is 359 g/mol. The van der Waals surface area contributed by atoms with E-state index in [1.807, 2.05) is 44.2 Å². The third-order valence-electron chi connectivity index (χ3n) is 5.23. The molecule has 0 spiro atoms. The number of carbonyl (C=O) groups is 1. The first-order valence-corrected chi connectivity index (χ1v) is 8.97. The Kier molecular flexibility index (Phi) is 4.32. The Balaban J connectivity index is 1.50. The van der Waals surface area contributed by atoms with E-state index in [0.717, 1.165) is 11.1 Å². The van der Waals surface area contributed by atoms with Crippen molar-refractivity contribution in [2.75, 3.05) is 11.9 Å². The lowest BCUT2D eigenvalue weighted by Gasteiger charge is -2.15. The lowest BCUT2D eigenvalue weighted by atomic mass is 9.98. The van der Waals surface area contributed by atoms with Crippen LogP contribution in [0, 0.1) is 13.8 Å². The molecule has 0 radical (unpaired) electrons. The van der Waals surface area contributed by atoms with Gasteiger partial charge in [0, 0.05) is 17.7 Å². The van der Waals surface area contributed by atoms with Crippen LogP contribution in [0.3, 0.4) is 0 Å². The van der Waals surface area contributed by atoms with Crippen molar-refractivity contribution in [3.05, 3.63) is 82.9 Å². The second-order valence-corrected chi connectivity index (χ2v) is 6.89.